The van der Waals surface area contributed by atoms with E-state index in [1.807, 2.05) is 6.07 Å². The summed E-state index contributed by atoms with van der Waals surface area (Å²) >= 11 is 0. The molecular weight excluding hydrogens is 200 g/mol. The summed E-state index contributed by atoms with van der Waals surface area (Å²) in [7, 11) is 0. The highest BCUT2D eigenvalue weighted by molar-refractivity contribution is 5.36. The Bertz CT molecular complexity index is 327. The van der Waals surface area contributed by atoms with Gasteiger partial charge in [0.25, 0.3) is 0 Å². The van der Waals surface area contributed by atoms with Gasteiger partial charge in [-0.1, -0.05) is 19.8 Å². The van der Waals surface area contributed by atoms with Crippen molar-refractivity contribution >= 4 is 5.82 Å². The van der Waals surface area contributed by atoms with Crippen LogP contribution in [0.3, 0.4) is 0 Å². The fourth-order valence-corrected chi connectivity index (χ4v) is 2.57. The molecule has 0 aromatic carbocycles. The highest BCUT2D eigenvalue weighted by Crippen LogP contribution is 2.35. The van der Waals surface area contributed by atoms with E-state index in [-0.39, 0.29) is 5.54 Å². The molecule has 0 amide bonds. The Hall–Kier alpha value is -1.16. The number of nitrogens with zero attached hydrogens (tertiary/aromatic N) is 2. The molecule has 2 unspecified atom stereocenters. The van der Waals surface area contributed by atoms with Gasteiger partial charge < -0.3 is 11.1 Å². The molecule has 1 aromatic heterocycles. The monoisotopic (exact) mass is 220 g/mol. The molecular formula is C12H20N4. The molecule has 2 atom stereocenters. The van der Waals surface area contributed by atoms with Gasteiger partial charge in [0, 0.05) is 12.7 Å². The van der Waals surface area contributed by atoms with Gasteiger partial charge in [-0.2, -0.15) is 0 Å². The summed E-state index contributed by atoms with van der Waals surface area (Å²) in [4.78, 5) is 8.15. The summed E-state index contributed by atoms with van der Waals surface area (Å²) < 4.78 is 0. The molecule has 0 spiro atoms. The topological polar surface area (TPSA) is 63.8 Å². The normalized spacial score (nSPS) is 30.0. The van der Waals surface area contributed by atoms with Crippen LogP contribution >= 0.6 is 0 Å². The summed E-state index contributed by atoms with van der Waals surface area (Å²) in [5, 5.41) is 3.52. The Morgan fingerprint density at radius 1 is 1.56 bits per heavy atom. The van der Waals surface area contributed by atoms with Gasteiger partial charge in [-0.05, 0) is 24.8 Å². The Labute approximate surface area is 96.7 Å². The fourth-order valence-electron chi connectivity index (χ4n) is 2.57. The predicted octanol–water partition coefficient (Wildman–Crippen LogP) is 1.80. The molecule has 1 saturated carbocycles. The molecule has 4 nitrogen and oxygen atoms in total. The lowest BCUT2D eigenvalue weighted by molar-refractivity contribution is 0.235. The first kappa shape index (κ1) is 11.3. The molecule has 0 bridgehead atoms. The van der Waals surface area contributed by atoms with Crippen molar-refractivity contribution in [1.29, 1.82) is 0 Å². The van der Waals surface area contributed by atoms with E-state index in [4.69, 9.17) is 5.73 Å². The van der Waals surface area contributed by atoms with E-state index in [1.54, 1.807) is 12.5 Å². The minimum absolute atomic E-state index is 0.0204. The lowest BCUT2D eigenvalue weighted by atomic mass is 9.73. The van der Waals surface area contributed by atoms with E-state index in [0.717, 1.165) is 12.2 Å². The molecule has 16 heavy (non-hydrogen) atoms. The van der Waals surface area contributed by atoms with Crippen LogP contribution in [0.25, 0.3) is 0 Å². The number of nitrogens with one attached hydrogen (secondary N) is 1. The van der Waals surface area contributed by atoms with Crippen LogP contribution in [0.4, 0.5) is 5.82 Å². The molecule has 2 rings (SSSR count). The molecule has 3 N–H and O–H groups in total. The van der Waals surface area contributed by atoms with Gasteiger partial charge >= 0.3 is 0 Å². The SMILES string of the molecule is CC1CCCCC1(CN)Nc1ccncn1. The molecule has 4 heteroatoms. The van der Waals surface area contributed by atoms with Gasteiger partial charge in [0.2, 0.25) is 0 Å². The van der Waals surface area contributed by atoms with Crippen LogP contribution in [-0.2, 0) is 0 Å². The molecule has 1 fully saturated rings. The van der Waals surface area contributed by atoms with Crippen molar-refractivity contribution in [1.82, 2.24) is 9.97 Å². The average molecular weight is 220 g/mol. The number of aromatic nitrogens is 2. The number of rotatable bonds is 3. The molecule has 0 radical (unpaired) electrons. The Morgan fingerprint density at radius 3 is 3.06 bits per heavy atom. The number of anilines is 1. The number of hydrogen-bond acceptors (Lipinski definition) is 4. The van der Waals surface area contributed by atoms with Gasteiger partial charge in [-0.25, -0.2) is 9.97 Å². The molecule has 1 aromatic rings. The van der Waals surface area contributed by atoms with Gasteiger partial charge in [0.05, 0.1) is 5.54 Å². The van der Waals surface area contributed by atoms with Gasteiger partial charge in [-0.15, -0.1) is 0 Å². The third kappa shape index (κ3) is 2.16. The van der Waals surface area contributed by atoms with Crippen LogP contribution in [-0.4, -0.2) is 22.1 Å². The molecule has 0 saturated heterocycles. The van der Waals surface area contributed by atoms with Crippen LogP contribution in [0.5, 0.6) is 0 Å². The summed E-state index contributed by atoms with van der Waals surface area (Å²) in [6.45, 7) is 2.94. The van der Waals surface area contributed by atoms with Crippen molar-refractivity contribution in [3.8, 4) is 0 Å². The quantitative estimate of drug-likeness (QED) is 0.815. The lowest BCUT2D eigenvalue weighted by Crippen LogP contribution is -2.52. The molecule has 1 aliphatic rings. The summed E-state index contributed by atoms with van der Waals surface area (Å²) in [6, 6.07) is 1.90. The minimum Gasteiger partial charge on any atom is -0.363 e. The molecule has 0 aliphatic heterocycles. The Morgan fingerprint density at radius 2 is 2.44 bits per heavy atom. The second-order valence-electron chi connectivity index (χ2n) is 4.73. The van der Waals surface area contributed by atoms with Crippen molar-refractivity contribution in [3.63, 3.8) is 0 Å². The third-order valence-electron chi connectivity index (χ3n) is 3.78. The predicted molar refractivity (Wildman–Crippen MR) is 65.1 cm³/mol. The smallest absolute Gasteiger partial charge is 0.129 e. The maximum atomic E-state index is 5.97. The zero-order chi connectivity index (χ0) is 11.4. The van der Waals surface area contributed by atoms with E-state index in [1.165, 1.54) is 19.3 Å². The Kier molecular flexibility index (Phi) is 3.39. The zero-order valence-electron chi connectivity index (χ0n) is 9.82. The molecule has 1 heterocycles. The highest BCUT2D eigenvalue weighted by Gasteiger charge is 2.37. The van der Waals surface area contributed by atoms with E-state index in [9.17, 15) is 0 Å². The first-order chi connectivity index (χ1) is 7.77. The maximum absolute atomic E-state index is 5.97. The second-order valence-corrected chi connectivity index (χ2v) is 4.73. The van der Waals surface area contributed by atoms with Gasteiger partial charge in [0.1, 0.15) is 12.1 Å². The van der Waals surface area contributed by atoms with E-state index < -0.39 is 0 Å². The Balaban J connectivity index is 2.15. The van der Waals surface area contributed by atoms with Crippen molar-refractivity contribution in [3.05, 3.63) is 18.6 Å². The van der Waals surface area contributed by atoms with Crippen LogP contribution in [0.1, 0.15) is 32.6 Å². The van der Waals surface area contributed by atoms with Crippen LogP contribution in [0, 0.1) is 5.92 Å². The van der Waals surface area contributed by atoms with E-state index in [2.05, 4.69) is 22.2 Å². The molecule has 88 valence electrons. The number of hydrogen-bond donors (Lipinski definition) is 2. The standard InChI is InChI=1S/C12H20N4/c1-10-4-2-3-6-12(10,8-13)16-11-5-7-14-9-15-11/h5,7,9-10H,2-4,6,8,13H2,1H3,(H,14,15,16). The van der Waals surface area contributed by atoms with Crippen LogP contribution in [0.2, 0.25) is 0 Å². The maximum Gasteiger partial charge on any atom is 0.129 e. The second kappa shape index (κ2) is 4.78. The summed E-state index contributed by atoms with van der Waals surface area (Å²) in [6.07, 6.45) is 8.27. The van der Waals surface area contributed by atoms with Crippen molar-refractivity contribution in [2.45, 2.75) is 38.1 Å². The zero-order valence-corrected chi connectivity index (χ0v) is 9.82. The van der Waals surface area contributed by atoms with Crippen LogP contribution in [0.15, 0.2) is 18.6 Å². The molecule has 1 aliphatic carbocycles. The third-order valence-corrected chi connectivity index (χ3v) is 3.78. The highest BCUT2D eigenvalue weighted by atomic mass is 15.1. The average Bonchev–Trinajstić information content (AvgIpc) is 2.34. The largest absolute Gasteiger partial charge is 0.363 e. The minimum atomic E-state index is 0.0204. The van der Waals surface area contributed by atoms with Gasteiger partial charge in [-0.3, -0.25) is 0 Å². The summed E-state index contributed by atoms with van der Waals surface area (Å²) in [5.74, 6) is 1.48. The lowest BCUT2D eigenvalue weighted by Gasteiger charge is -2.43. The fraction of sp³-hybridized carbons (Fsp3) is 0.667. The van der Waals surface area contributed by atoms with Crippen molar-refractivity contribution in [2.24, 2.45) is 11.7 Å². The van der Waals surface area contributed by atoms with Crippen molar-refractivity contribution in [2.75, 3.05) is 11.9 Å². The first-order valence-electron chi connectivity index (χ1n) is 6.01. The number of nitrogens with two attached hydrogens (primary N) is 1. The van der Waals surface area contributed by atoms with Gasteiger partial charge in [0.15, 0.2) is 0 Å². The van der Waals surface area contributed by atoms with E-state index >= 15 is 0 Å². The van der Waals surface area contributed by atoms with Crippen molar-refractivity contribution < 1.29 is 0 Å². The summed E-state index contributed by atoms with van der Waals surface area (Å²) in [5.41, 5.74) is 5.99. The first-order valence-corrected chi connectivity index (χ1v) is 6.01. The van der Waals surface area contributed by atoms with Crippen LogP contribution < -0.4 is 11.1 Å². The van der Waals surface area contributed by atoms with E-state index in [0.29, 0.717) is 12.5 Å².